The van der Waals surface area contributed by atoms with Crippen molar-refractivity contribution < 1.29 is 14.3 Å². The zero-order chi connectivity index (χ0) is 14.9. The van der Waals surface area contributed by atoms with Crippen LogP contribution in [0.2, 0.25) is 0 Å². The van der Waals surface area contributed by atoms with Gasteiger partial charge in [0.25, 0.3) is 5.19 Å². The van der Waals surface area contributed by atoms with Crippen molar-refractivity contribution in [3.8, 4) is 5.19 Å². The number of hydrogen-bond acceptors (Lipinski definition) is 8. The summed E-state index contributed by atoms with van der Waals surface area (Å²) in [5.74, 6) is -0.197. The lowest BCUT2D eigenvalue weighted by Gasteiger charge is -2.12. The molecule has 7 nitrogen and oxygen atoms in total. The van der Waals surface area contributed by atoms with E-state index in [4.69, 9.17) is 15.2 Å². The highest BCUT2D eigenvalue weighted by atomic mass is 32.1. The van der Waals surface area contributed by atoms with Gasteiger partial charge in [-0.3, -0.25) is 9.78 Å². The summed E-state index contributed by atoms with van der Waals surface area (Å²) in [4.78, 5) is 16.1. The first kappa shape index (κ1) is 13.7. The summed E-state index contributed by atoms with van der Waals surface area (Å²) in [6.45, 7) is 0.278. The molecule has 1 saturated carbocycles. The van der Waals surface area contributed by atoms with Gasteiger partial charge in [-0.05, 0) is 35.8 Å². The van der Waals surface area contributed by atoms with Crippen LogP contribution in [-0.4, -0.2) is 28.3 Å². The van der Waals surface area contributed by atoms with Gasteiger partial charge in [-0.1, -0.05) is 11.2 Å². The second kappa shape index (κ2) is 5.28. The monoisotopic (exact) mass is 306 g/mol. The summed E-state index contributed by atoms with van der Waals surface area (Å²) >= 11 is 1.18. The predicted octanol–water partition coefficient (Wildman–Crippen LogP) is 1.30. The van der Waals surface area contributed by atoms with Crippen molar-refractivity contribution >= 4 is 22.4 Å². The molecular weight excluding hydrogens is 292 g/mol. The number of nitrogen functional groups attached to an aromatic ring is 1. The lowest BCUT2D eigenvalue weighted by Crippen LogP contribution is -2.22. The molecular formula is C13H14N4O3S. The largest absolute Gasteiger partial charge is 0.468 e. The van der Waals surface area contributed by atoms with Crippen LogP contribution in [0, 0.1) is 0 Å². The fourth-order valence-corrected chi connectivity index (χ4v) is 2.60. The molecule has 0 aliphatic heterocycles. The van der Waals surface area contributed by atoms with Crippen molar-refractivity contribution in [2.45, 2.75) is 24.9 Å². The maximum absolute atomic E-state index is 11.8. The Kier molecular flexibility index (Phi) is 3.46. The standard InChI is InChI=1S/C13H14N4O3S/c1-19-10(18)13(4-5-13)8-2-3-9(15-6-8)7-20-12-17-16-11(14)21-12/h2-3,6H,4-5,7H2,1H3,(H2,14,16). The van der Waals surface area contributed by atoms with Gasteiger partial charge in [0.1, 0.15) is 6.61 Å². The molecule has 1 aliphatic rings. The number of rotatable bonds is 5. The van der Waals surface area contributed by atoms with E-state index in [1.807, 2.05) is 12.1 Å². The molecule has 0 atom stereocenters. The minimum absolute atomic E-state index is 0.197. The highest BCUT2D eigenvalue weighted by Crippen LogP contribution is 2.48. The van der Waals surface area contributed by atoms with E-state index in [0.717, 1.165) is 24.1 Å². The van der Waals surface area contributed by atoms with Crippen molar-refractivity contribution in [1.82, 2.24) is 15.2 Å². The average Bonchev–Trinajstić information content (AvgIpc) is 3.22. The van der Waals surface area contributed by atoms with E-state index in [1.165, 1.54) is 18.4 Å². The second-order valence-electron chi connectivity index (χ2n) is 4.81. The van der Waals surface area contributed by atoms with Crippen LogP contribution in [0.15, 0.2) is 18.3 Å². The van der Waals surface area contributed by atoms with Gasteiger partial charge in [0.2, 0.25) is 5.13 Å². The van der Waals surface area contributed by atoms with Gasteiger partial charge in [-0.25, -0.2) is 0 Å². The molecule has 0 spiro atoms. The van der Waals surface area contributed by atoms with E-state index in [-0.39, 0.29) is 12.6 Å². The number of carbonyl (C=O) groups excluding carboxylic acids is 1. The fourth-order valence-electron chi connectivity index (χ4n) is 2.14. The summed E-state index contributed by atoms with van der Waals surface area (Å²) in [6, 6.07) is 3.73. The minimum Gasteiger partial charge on any atom is -0.468 e. The molecule has 2 aromatic heterocycles. The van der Waals surface area contributed by atoms with Crippen molar-refractivity contribution in [1.29, 1.82) is 0 Å². The number of pyridine rings is 1. The van der Waals surface area contributed by atoms with Gasteiger partial charge in [-0.15, -0.1) is 5.10 Å². The van der Waals surface area contributed by atoms with Crippen molar-refractivity contribution in [3.05, 3.63) is 29.6 Å². The van der Waals surface area contributed by atoms with Gasteiger partial charge in [-0.2, -0.15) is 0 Å². The second-order valence-corrected chi connectivity index (χ2v) is 5.78. The van der Waals surface area contributed by atoms with Crippen molar-refractivity contribution in [2.24, 2.45) is 0 Å². The van der Waals surface area contributed by atoms with E-state index >= 15 is 0 Å². The normalized spacial score (nSPS) is 15.5. The fraction of sp³-hybridized carbons (Fsp3) is 0.385. The molecule has 0 bridgehead atoms. The summed E-state index contributed by atoms with van der Waals surface area (Å²) < 4.78 is 10.3. The Hall–Kier alpha value is -2.22. The quantitative estimate of drug-likeness (QED) is 0.831. The Morgan fingerprint density at radius 3 is 2.76 bits per heavy atom. The maximum Gasteiger partial charge on any atom is 0.316 e. The van der Waals surface area contributed by atoms with Crippen LogP contribution >= 0.6 is 11.3 Å². The third kappa shape index (κ3) is 2.66. The van der Waals surface area contributed by atoms with Gasteiger partial charge >= 0.3 is 5.97 Å². The molecule has 2 aromatic rings. The molecule has 2 heterocycles. The lowest BCUT2D eigenvalue weighted by molar-refractivity contribution is -0.143. The molecule has 1 fully saturated rings. The smallest absolute Gasteiger partial charge is 0.316 e. The summed E-state index contributed by atoms with van der Waals surface area (Å²) in [7, 11) is 1.41. The molecule has 0 amide bonds. The lowest BCUT2D eigenvalue weighted by atomic mass is 9.98. The Morgan fingerprint density at radius 1 is 1.43 bits per heavy atom. The van der Waals surface area contributed by atoms with E-state index in [9.17, 15) is 4.79 Å². The Morgan fingerprint density at radius 2 is 2.24 bits per heavy atom. The third-order valence-corrected chi connectivity index (χ3v) is 4.13. The molecule has 2 N–H and O–H groups in total. The van der Waals surface area contributed by atoms with Gasteiger partial charge < -0.3 is 15.2 Å². The highest BCUT2D eigenvalue weighted by Gasteiger charge is 2.52. The molecule has 21 heavy (non-hydrogen) atoms. The summed E-state index contributed by atoms with van der Waals surface area (Å²) in [5.41, 5.74) is 6.61. The van der Waals surface area contributed by atoms with Crippen LogP contribution in [0.5, 0.6) is 5.19 Å². The minimum atomic E-state index is -0.491. The molecule has 0 unspecified atom stereocenters. The molecule has 0 radical (unpaired) electrons. The zero-order valence-electron chi connectivity index (χ0n) is 11.4. The van der Waals surface area contributed by atoms with Crippen LogP contribution in [0.4, 0.5) is 5.13 Å². The number of nitrogens with zero attached hydrogens (tertiary/aromatic N) is 3. The van der Waals surface area contributed by atoms with Crippen molar-refractivity contribution in [2.75, 3.05) is 12.8 Å². The number of hydrogen-bond donors (Lipinski definition) is 1. The Labute approximate surface area is 125 Å². The van der Waals surface area contributed by atoms with E-state index in [1.54, 1.807) is 6.20 Å². The number of nitrogens with two attached hydrogens (primary N) is 1. The maximum atomic E-state index is 11.8. The van der Waals surface area contributed by atoms with Gasteiger partial charge in [0.15, 0.2) is 0 Å². The van der Waals surface area contributed by atoms with Crippen LogP contribution in [0.25, 0.3) is 0 Å². The number of esters is 1. The van der Waals surface area contributed by atoms with Crippen LogP contribution < -0.4 is 10.5 Å². The Bertz CT molecular complexity index is 652. The Balaban J connectivity index is 1.66. The molecule has 0 aromatic carbocycles. The zero-order valence-corrected chi connectivity index (χ0v) is 12.2. The van der Waals surface area contributed by atoms with Crippen LogP contribution in [0.1, 0.15) is 24.1 Å². The number of aromatic nitrogens is 3. The number of carbonyl (C=O) groups is 1. The van der Waals surface area contributed by atoms with Crippen molar-refractivity contribution in [3.63, 3.8) is 0 Å². The van der Waals surface area contributed by atoms with E-state index < -0.39 is 5.41 Å². The molecule has 110 valence electrons. The first-order chi connectivity index (χ1) is 10.1. The van der Waals surface area contributed by atoms with E-state index in [2.05, 4.69) is 15.2 Å². The van der Waals surface area contributed by atoms with Gasteiger partial charge in [0.05, 0.1) is 18.2 Å². The van der Waals surface area contributed by atoms with Crippen LogP contribution in [0.3, 0.4) is 0 Å². The number of anilines is 1. The van der Waals surface area contributed by atoms with E-state index in [0.29, 0.717) is 10.3 Å². The molecule has 3 rings (SSSR count). The number of methoxy groups -OCH3 is 1. The van der Waals surface area contributed by atoms with Crippen LogP contribution in [-0.2, 0) is 21.6 Å². The third-order valence-electron chi connectivity index (χ3n) is 3.47. The predicted molar refractivity (Wildman–Crippen MR) is 75.8 cm³/mol. The first-order valence-corrected chi connectivity index (χ1v) is 7.21. The number of ether oxygens (including phenoxy) is 2. The van der Waals surface area contributed by atoms with Gasteiger partial charge in [0, 0.05) is 6.20 Å². The summed E-state index contributed by atoms with van der Waals surface area (Å²) in [6.07, 6.45) is 3.32. The topological polar surface area (TPSA) is 100 Å². The highest BCUT2D eigenvalue weighted by molar-refractivity contribution is 7.16. The molecule has 1 aliphatic carbocycles. The molecule has 0 saturated heterocycles. The summed E-state index contributed by atoms with van der Waals surface area (Å²) in [5, 5.41) is 8.20. The first-order valence-electron chi connectivity index (χ1n) is 6.40. The average molecular weight is 306 g/mol. The molecule has 8 heteroatoms. The SMILES string of the molecule is COC(=O)C1(c2ccc(COc3nnc(N)s3)nc2)CC1.